The number of hydrogen-bond acceptors (Lipinski definition) is 4. The smallest absolute Gasteiger partial charge is 0.550 e. The van der Waals surface area contributed by atoms with Gasteiger partial charge in [0.15, 0.2) is 0 Å². The number of carbonyl (C=O) groups excluding carboxylic acids is 1. The number of aliphatic carboxylic acids is 1. The molecule has 0 heterocycles. The number of rotatable bonds is 16. The van der Waals surface area contributed by atoms with Crippen molar-refractivity contribution in [3.63, 3.8) is 0 Å². The van der Waals surface area contributed by atoms with Gasteiger partial charge in [0.25, 0.3) is 0 Å². The second-order valence-corrected chi connectivity index (χ2v) is 7.55. The molecule has 0 rings (SSSR count). The SMILES string of the molecule is CCCCCCCCCCCC/C=C/S(=O)(=O)NCCC(=O)[O-].[K+]. The third kappa shape index (κ3) is 20.8. The third-order valence-electron chi connectivity index (χ3n) is 3.63. The maximum absolute atomic E-state index is 11.5. The fraction of sp³-hybridized carbons (Fsp3) is 0.824. The summed E-state index contributed by atoms with van der Waals surface area (Å²) in [7, 11) is -3.51. The number of hydrogen-bond donors (Lipinski definition) is 1. The summed E-state index contributed by atoms with van der Waals surface area (Å²) in [4.78, 5) is 10.2. The van der Waals surface area contributed by atoms with E-state index in [0.717, 1.165) is 24.7 Å². The van der Waals surface area contributed by atoms with Gasteiger partial charge in [-0.05, 0) is 12.8 Å². The van der Waals surface area contributed by atoms with Crippen LogP contribution in [0.5, 0.6) is 0 Å². The first-order valence-electron chi connectivity index (χ1n) is 8.84. The molecule has 0 saturated heterocycles. The van der Waals surface area contributed by atoms with Crippen molar-refractivity contribution < 1.29 is 69.7 Å². The number of carboxylic acids is 1. The second kappa shape index (κ2) is 18.5. The molecule has 0 radical (unpaired) electrons. The zero-order valence-corrected chi connectivity index (χ0v) is 19.3. The monoisotopic (exact) mass is 385 g/mol. The van der Waals surface area contributed by atoms with E-state index < -0.39 is 16.0 Å². The van der Waals surface area contributed by atoms with Crippen molar-refractivity contribution in [3.8, 4) is 0 Å². The first kappa shape index (κ1) is 27.0. The van der Waals surface area contributed by atoms with E-state index in [4.69, 9.17) is 0 Å². The van der Waals surface area contributed by atoms with Crippen LogP contribution in [0.3, 0.4) is 0 Å². The van der Waals surface area contributed by atoms with Gasteiger partial charge in [-0.1, -0.05) is 70.8 Å². The van der Waals surface area contributed by atoms with Gasteiger partial charge in [-0.15, -0.1) is 0 Å². The second-order valence-electron chi connectivity index (χ2n) is 5.90. The Morgan fingerprint density at radius 2 is 1.46 bits per heavy atom. The van der Waals surface area contributed by atoms with Crippen LogP contribution in [0.2, 0.25) is 0 Å². The molecule has 5 nitrogen and oxygen atoms in total. The van der Waals surface area contributed by atoms with E-state index in [0.29, 0.717) is 0 Å². The summed E-state index contributed by atoms with van der Waals surface area (Å²) < 4.78 is 25.2. The standard InChI is InChI=1S/C17H33NO4S.K/c1-2-3-4-5-6-7-8-9-10-11-12-13-16-23(21,22)18-15-14-17(19)20;/h13,16,18H,2-12,14-15H2,1H3,(H,19,20);/q;+1/p-1/b16-13+;. The van der Waals surface area contributed by atoms with Crippen LogP contribution in [-0.4, -0.2) is 20.9 Å². The Hall–Kier alpha value is 0.756. The summed E-state index contributed by atoms with van der Waals surface area (Å²) in [5.74, 6) is -1.26. The fourth-order valence-corrected chi connectivity index (χ4v) is 3.16. The van der Waals surface area contributed by atoms with Gasteiger partial charge >= 0.3 is 51.4 Å². The molecule has 0 aliphatic rings. The van der Waals surface area contributed by atoms with Gasteiger partial charge in [0.1, 0.15) is 0 Å². The first-order valence-corrected chi connectivity index (χ1v) is 10.4. The van der Waals surface area contributed by atoms with E-state index >= 15 is 0 Å². The average Bonchev–Trinajstić information content (AvgIpc) is 2.47. The van der Waals surface area contributed by atoms with Gasteiger partial charge < -0.3 is 9.90 Å². The third-order valence-corrected chi connectivity index (χ3v) is 4.79. The van der Waals surface area contributed by atoms with Gasteiger partial charge in [-0.25, -0.2) is 13.1 Å². The molecule has 0 aliphatic heterocycles. The Labute approximate surface area is 190 Å². The largest absolute Gasteiger partial charge is 1.00 e. The van der Waals surface area contributed by atoms with Gasteiger partial charge in [0.05, 0.1) is 0 Å². The minimum absolute atomic E-state index is 0. The zero-order chi connectivity index (χ0) is 17.4. The molecule has 0 saturated carbocycles. The van der Waals surface area contributed by atoms with Crippen LogP contribution in [-0.2, 0) is 14.8 Å². The van der Waals surface area contributed by atoms with Crippen molar-refractivity contribution in [2.24, 2.45) is 0 Å². The minimum atomic E-state index is -3.51. The van der Waals surface area contributed by atoms with E-state index in [-0.39, 0.29) is 64.4 Å². The molecule has 136 valence electrons. The van der Waals surface area contributed by atoms with Crippen LogP contribution in [0.1, 0.15) is 84.0 Å². The number of allylic oxidation sites excluding steroid dienone is 1. The van der Waals surface area contributed by atoms with E-state index in [1.807, 2.05) is 0 Å². The van der Waals surface area contributed by atoms with Gasteiger partial charge in [-0.3, -0.25) is 0 Å². The molecule has 0 unspecified atom stereocenters. The molecule has 0 aromatic rings. The van der Waals surface area contributed by atoms with Crippen molar-refractivity contribution in [1.82, 2.24) is 4.72 Å². The molecule has 24 heavy (non-hydrogen) atoms. The zero-order valence-electron chi connectivity index (χ0n) is 15.4. The molecule has 7 heteroatoms. The molecule has 0 fully saturated rings. The molecule has 0 aromatic carbocycles. The van der Waals surface area contributed by atoms with Gasteiger partial charge in [0, 0.05) is 24.3 Å². The van der Waals surface area contributed by atoms with Crippen molar-refractivity contribution in [2.45, 2.75) is 84.0 Å². The maximum atomic E-state index is 11.5. The quantitative estimate of drug-likeness (QED) is 0.296. The van der Waals surface area contributed by atoms with Crippen molar-refractivity contribution >= 4 is 16.0 Å². The van der Waals surface area contributed by atoms with Crippen molar-refractivity contribution in [2.75, 3.05) is 6.54 Å². The Kier molecular flexibility index (Phi) is 20.8. The van der Waals surface area contributed by atoms with E-state index in [1.165, 1.54) is 51.4 Å². The van der Waals surface area contributed by atoms with Gasteiger partial charge in [-0.2, -0.15) is 0 Å². The number of sulfonamides is 1. The van der Waals surface area contributed by atoms with E-state index in [9.17, 15) is 18.3 Å². The van der Waals surface area contributed by atoms with Crippen LogP contribution < -0.4 is 61.2 Å². The molecule has 0 aromatic heterocycles. The molecule has 0 amide bonds. The molecule has 0 atom stereocenters. The predicted octanol–water partition coefficient (Wildman–Crippen LogP) is -0.125. The molecular formula is C17H32KNO4S. The first-order chi connectivity index (χ1) is 11.0. The fourth-order valence-electron chi connectivity index (χ4n) is 2.29. The average molecular weight is 386 g/mol. The number of unbranched alkanes of at least 4 members (excludes halogenated alkanes) is 10. The maximum Gasteiger partial charge on any atom is 1.00 e. The van der Waals surface area contributed by atoms with Crippen LogP contribution in [0.4, 0.5) is 0 Å². The number of carboxylic acid groups (broad SMARTS) is 1. The number of nitrogens with one attached hydrogen (secondary N) is 1. The summed E-state index contributed by atoms with van der Waals surface area (Å²) >= 11 is 0. The molecule has 0 bridgehead atoms. The van der Waals surface area contributed by atoms with E-state index in [1.54, 1.807) is 6.08 Å². The normalized spacial score (nSPS) is 11.5. The summed E-state index contributed by atoms with van der Waals surface area (Å²) in [5.41, 5.74) is 0. The van der Waals surface area contributed by atoms with Crippen molar-refractivity contribution in [1.29, 1.82) is 0 Å². The summed E-state index contributed by atoms with van der Waals surface area (Å²) in [6.07, 6.45) is 14.6. The summed E-state index contributed by atoms with van der Waals surface area (Å²) in [5, 5.41) is 11.3. The Balaban J connectivity index is 0. The Morgan fingerprint density at radius 3 is 1.96 bits per heavy atom. The molecule has 1 N–H and O–H groups in total. The molecular weight excluding hydrogens is 353 g/mol. The topological polar surface area (TPSA) is 86.3 Å². The Morgan fingerprint density at radius 1 is 0.958 bits per heavy atom. The van der Waals surface area contributed by atoms with Gasteiger partial charge in [0.2, 0.25) is 10.0 Å². The summed E-state index contributed by atoms with van der Waals surface area (Å²) in [6.45, 7) is 2.09. The van der Waals surface area contributed by atoms with Crippen LogP contribution in [0.15, 0.2) is 11.5 Å². The van der Waals surface area contributed by atoms with Crippen LogP contribution in [0.25, 0.3) is 0 Å². The van der Waals surface area contributed by atoms with E-state index in [2.05, 4.69) is 11.6 Å². The number of carbonyl (C=O) groups is 1. The summed E-state index contributed by atoms with van der Waals surface area (Å²) in [6, 6.07) is 0. The molecule has 0 spiro atoms. The molecule has 0 aliphatic carbocycles. The van der Waals surface area contributed by atoms with Crippen LogP contribution >= 0.6 is 0 Å². The predicted molar refractivity (Wildman–Crippen MR) is 92.1 cm³/mol. The minimum Gasteiger partial charge on any atom is -0.550 e. The van der Waals surface area contributed by atoms with Crippen LogP contribution in [0, 0.1) is 0 Å². The Bertz CT molecular complexity index is 424. The van der Waals surface area contributed by atoms with Crippen molar-refractivity contribution in [3.05, 3.63) is 11.5 Å².